The molecule has 0 spiro atoms. The minimum atomic E-state index is -3.85. The van der Waals surface area contributed by atoms with E-state index < -0.39 is 34.1 Å². The average molecular weight is 340 g/mol. The molecule has 0 saturated carbocycles. The standard InChI is InChI=1S/C15H14F2N2O3S/c1-10-3-2-4-12(7-10)23(21,22)18-9-15(20)19-14-6-5-11(16)8-13(14)17/h2-8,18H,9H2,1H3,(H,19,20). The number of amides is 1. The summed E-state index contributed by atoms with van der Waals surface area (Å²) in [6.07, 6.45) is 0. The van der Waals surface area contributed by atoms with Crippen LogP contribution in [0.1, 0.15) is 5.56 Å². The van der Waals surface area contributed by atoms with E-state index in [-0.39, 0.29) is 10.6 Å². The quantitative estimate of drug-likeness (QED) is 0.876. The lowest BCUT2D eigenvalue weighted by Crippen LogP contribution is -2.33. The van der Waals surface area contributed by atoms with Crippen molar-refractivity contribution in [2.75, 3.05) is 11.9 Å². The zero-order valence-corrected chi connectivity index (χ0v) is 13.0. The summed E-state index contributed by atoms with van der Waals surface area (Å²) in [5, 5.41) is 2.17. The lowest BCUT2D eigenvalue weighted by atomic mass is 10.2. The predicted octanol–water partition coefficient (Wildman–Crippen LogP) is 2.19. The zero-order valence-electron chi connectivity index (χ0n) is 12.1. The van der Waals surface area contributed by atoms with Gasteiger partial charge >= 0.3 is 0 Å². The maximum atomic E-state index is 13.4. The topological polar surface area (TPSA) is 75.3 Å². The van der Waals surface area contributed by atoms with Crippen LogP contribution in [0.25, 0.3) is 0 Å². The maximum Gasteiger partial charge on any atom is 0.241 e. The fourth-order valence-corrected chi connectivity index (χ4v) is 2.90. The van der Waals surface area contributed by atoms with Crippen LogP contribution in [0, 0.1) is 18.6 Å². The minimum Gasteiger partial charge on any atom is -0.322 e. The van der Waals surface area contributed by atoms with Gasteiger partial charge in [-0.1, -0.05) is 12.1 Å². The van der Waals surface area contributed by atoms with Gasteiger partial charge in [0.15, 0.2) is 0 Å². The molecule has 1 amide bonds. The molecule has 2 aromatic carbocycles. The summed E-state index contributed by atoms with van der Waals surface area (Å²) in [7, 11) is -3.85. The number of anilines is 1. The molecule has 2 N–H and O–H groups in total. The highest BCUT2D eigenvalue weighted by atomic mass is 32.2. The first-order valence-electron chi connectivity index (χ1n) is 6.59. The molecular weight excluding hydrogens is 326 g/mol. The molecule has 122 valence electrons. The van der Waals surface area contributed by atoms with Crippen LogP contribution >= 0.6 is 0 Å². The van der Waals surface area contributed by atoms with Crippen molar-refractivity contribution in [3.05, 3.63) is 59.7 Å². The first-order chi connectivity index (χ1) is 10.8. The number of rotatable bonds is 5. The number of benzene rings is 2. The van der Waals surface area contributed by atoms with E-state index >= 15 is 0 Å². The summed E-state index contributed by atoms with van der Waals surface area (Å²) in [5.74, 6) is -2.49. The first kappa shape index (κ1) is 17.0. The van der Waals surface area contributed by atoms with E-state index in [1.165, 1.54) is 12.1 Å². The third-order valence-corrected chi connectivity index (χ3v) is 4.33. The van der Waals surface area contributed by atoms with Crippen molar-refractivity contribution in [3.8, 4) is 0 Å². The molecule has 2 rings (SSSR count). The zero-order chi connectivity index (χ0) is 17.0. The van der Waals surface area contributed by atoms with E-state index in [4.69, 9.17) is 0 Å². The van der Waals surface area contributed by atoms with E-state index in [1.54, 1.807) is 19.1 Å². The molecule has 2 aromatic rings. The summed E-state index contributed by atoms with van der Waals surface area (Å²) in [6, 6.07) is 8.83. The van der Waals surface area contributed by atoms with Crippen LogP contribution in [0.2, 0.25) is 0 Å². The number of hydrogen-bond donors (Lipinski definition) is 2. The molecule has 0 aromatic heterocycles. The third kappa shape index (κ3) is 4.57. The van der Waals surface area contributed by atoms with Gasteiger partial charge in [-0.25, -0.2) is 21.9 Å². The number of halogens is 2. The summed E-state index contributed by atoms with van der Waals surface area (Å²) < 4.78 is 52.4. The van der Waals surface area contributed by atoms with Gasteiger partial charge in [-0.3, -0.25) is 4.79 Å². The molecule has 8 heteroatoms. The SMILES string of the molecule is Cc1cccc(S(=O)(=O)NCC(=O)Nc2ccc(F)cc2F)c1. The fraction of sp³-hybridized carbons (Fsp3) is 0.133. The molecule has 0 heterocycles. The predicted molar refractivity (Wildman–Crippen MR) is 81.4 cm³/mol. The van der Waals surface area contributed by atoms with Gasteiger partial charge in [0.25, 0.3) is 0 Å². The molecule has 0 saturated heterocycles. The lowest BCUT2D eigenvalue weighted by molar-refractivity contribution is -0.115. The molecule has 0 aliphatic rings. The Bertz CT molecular complexity index is 838. The number of sulfonamides is 1. The molecule has 23 heavy (non-hydrogen) atoms. The summed E-state index contributed by atoms with van der Waals surface area (Å²) in [4.78, 5) is 11.7. The van der Waals surface area contributed by atoms with Crippen molar-refractivity contribution in [2.45, 2.75) is 11.8 Å². The van der Waals surface area contributed by atoms with Gasteiger partial charge in [-0.2, -0.15) is 0 Å². The second kappa shape index (κ2) is 6.84. The van der Waals surface area contributed by atoms with Gasteiger partial charge < -0.3 is 5.32 Å². The summed E-state index contributed by atoms with van der Waals surface area (Å²) >= 11 is 0. The Kier molecular flexibility index (Phi) is 5.07. The largest absolute Gasteiger partial charge is 0.322 e. The second-order valence-corrected chi connectivity index (χ2v) is 6.58. The highest BCUT2D eigenvalue weighted by Gasteiger charge is 2.16. The van der Waals surface area contributed by atoms with Crippen LogP contribution in [-0.2, 0) is 14.8 Å². The average Bonchev–Trinajstić information content (AvgIpc) is 2.48. The number of carbonyl (C=O) groups excluding carboxylic acids is 1. The van der Waals surface area contributed by atoms with Crippen molar-refractivity contribution >= 4 is 21.6 Å². The van der Waals surface area contributed by atoms with E-state index in [0.29, 0.717) is 6.07 Å². The Balaban J connectivity index is 2.01. The lowest BCUT2D eigenvalue weighted by Gasteiger charge is -2.09. The van der Waals surface area contributed by atoms with E-state index in [1.807, 2.05) is 0 Å². The Hall–Kier alpha value is -2.32. The Morgan fingerprint density at radius 1 is 1.13 bits per heavy atom. The van der Waals surface area contributed by atoms with Crippen molar-refractivity contribution in [2.24, 2.45) is 0 Å². The molecule has 0 unspecified atom stereocenters. The fourth-order valence-electron chi connectivity index (χ4n) is 1.81. The van der Waals surface area contributed by atoms with Crippen LogP contribution in [0.4, 0.5) is 14.5 Å². The van der Waals surface area contributed by atoms with Gasteiger partial charge in [0.2, 0.25) is 15.9 Å². The van der Waals surface area contributed by atoms with Crippen molar-refractivity contribution in [3.63, 3.8) is 0 Å². The molecular formula is C15H14F2N2O3S. The summed E-state index contributed by atoms with van der Waals surface area (Å²) in [6.45, 7) is 1.16. The van der Waals surface area contributed by atoms with Crippen LogP contribution in [0.15, 0.2) is 47.4 Å². The molecule has 0 atom stereocenters. The van der Waals surface area contributed by atoms with Crippen molar-refractivity contribution < 1.29 is 22.0 Å². The Morgan fingerprint density at radius 3 is 2.52 bits per heavy atom. The Morgan fingerprint density at radius 2 is 1.87 bits per heavy atom. The van der Waals surface area contributed by atoms with E-state index in [9.17, 15) is 22.0 Å². The maximum absolute atomic E-state index is 13.4. The Labute approximate surface area is 132 Å². The molecule has 5 nitrogen and oxygen atoms in total. The van der Waals surface area contributed by atoms with Crippen LogP contribution < -0.4 is 10.0 Å². The molecule has 0 bridgehead atoms. The third-order valence-electron chi connectivity index (χ3n) is 2.93. The number of carbonyl (C=O) groups is 1. The molecule has 0 aliphatic heterocycles. The second-order valence-electron chi connectivity index (χ2n) is 4.81. The highest BCUT2D eigenvalue weighted by Crippen LogP contribution is 2.15. The number of aryl methyl sites for hydroxylation is 1. The normalized spacial score (nSPS) is 11.3. The van der Waals surface area contributed by atoms with Crippen molar-refractivity contribution in [1.29, 1.82) is 0 Å². The highest BCUT2D eigenvalue weighted by molar-refractivity contribution is 7.89. The first-order valence-corrected chi connectivity index (χ1v) is 8.07. The number of nitrogens with one attached hydrogen (secondary N) is 2. The van der Waals surface area contributed by atoms with Crippen LogP contribution in [0.5, 0.6) is 0 Å². The molecule has 0 fully saturated rings. The van der Waals surface area contributed by atoms with Crippen LogP contribution in [0.3, 0.4) is 0 Å². The van der Waals surface area contributed by atoms with Crippen LogP contribution in [-0.4, -0.2) is 20.9 Å². The van der Waals surface area contributed by atoms with E-state index in [2.05, 4.69) is 10.0 Å². The molecule has 0 aliphatic carbocycles. The number of hydrogen-bond acceptors (Lipinski definition) is 3. The molecule has 0 radical (unpaired) electrons. The van der Waals surface area contributed by atoms with Gasteiger partial charge in [0.05, 0.1) is 17.1 Å². The van der Waals surface area contributed by atoms with Crippen molar-refractivity contribution in [1.82, 2.24) is 4.72 Å². The smallest absolute Gasteiger partial charge is 0.241 e. The monoisotopic (exact) mass is 340 g/mol. The van der Waals surface area contributed by atoms with Gasteiger partial charge in [-0.15, -0.1) is 0 Å². The van der Waals surface area contributed by atoms with Gasteiger partial charge in [-0.05, 0) is 36.8 Å². The minimum absolute atomic E-state index is 0.0262. The summed E-state index contributed by atoms with van der Waals surface area (Å²) in [5.41, 5.74) is 0.525. The van der Waals surface area contributed by atoms with E-state index in [0.717, 1.165) is 17.7 Å². The van der Waals surface area contributed by atoms with Gasteiger partial charge in [0.1, 0.15) is 11.6 Å². The van der Waals surface area contributed by atoms with Gasteiger partial charge in [0, 0.05) is 6.07 Å².